The Balaban J connectivity index is 2.39. The molecule has 0 spiro atoms. The van der Waals surface area contributed by atoms with Gasteiger partial charge in [0.15, 0.2) is 0 Å². The summed E-state index contributed by atoms with van der Waals surface area (Å²) in [5.41, 5.74) is 2.71. The Labute approximate surface area is 111 Å². The van der Waals surface area contributed by atoms with Crippen molar-refractivity contribution in [3.8, 4) is 0 Å². The van der Waals surface area contributed by atoms with Crippen LogP contribution in [0.3, 0.4) is 0 Å². The van der Waals surface area contributed by atoms with Crippen molar-refractivity contribution in [3.63, 3.8) is 0 Å². The third-order valence-corrected chi connectivity index (χ3v) is 3.29. The number of rotatable bonds is 3. The Morgan fingerprint density at radius 3 is 2.47 bits per heavy atom. The van der Waals surface area contributed by atoms with E-state index in [1.54, 1.807) is 6.92 Å². The van der Waals surface area contributed by atoms with Crippen LogP contribution in [-0.4, -0.2) is 31.3 Å². The number of hydrogen-bond acceptors (Lipinski definition) is 4. The van der Waals surface area contributed by atoms with Gasteiger partial charge in [-0.25, -0.2) is 0 Å². The first-order valence-electron chi connectivity index (χ1n) is 6.00. The van der Waals surface area contributed by atoms with Crippen molar-refractivity contribution in [1.82, 2.24) is 0 Å². The van der Waals surface area contributed by atoms with E-state index in [0.717, 1.165) is 11.1 Å². The van der Waals surface area contributed by atoms with Crippen molar-refractivity contribution in [2.24, 2.45) is 0 Å². The lowest BCUT2D eigenvalue weighted by Crippen LogP contribution is -2.32. The van der Waals surface area contributed by atoms with Crippen LogP contribution in [0.25, 0.3) is 0 Å². The Bertz CT molecular complexity index is 577. The molecule has 1 amide bonds. The van der Waals surface area contributed by atoms with Crippen LogP contribution in [0.2, 0.25) is 0 Å². The smallest absolute Gasteiger partial charge is 0.307 e. The van der Waals surface area contributed by atoms with Gasteiger partial charge in [0.1, 0.15) is 0 Å². The summed E-state index contributed by atoms with van der Waals surface area (Å²) in [6.45, 7) is 3.80. The highest BCUT2D eigenvalue weighted by molar-refractivity contribution is 6.52. The number of nitrogens with zero attached hydrogens (tertiary/aromatic N) is 1. The van der Waals surface area contributed by atoms with Crippen LogP contribution in [0.1, 0.15) is 27.9 Å². The summed E-state index contributed by atoms with van der Waals surface area (Å²) in [4.78, 5) is 36.5. The summed E-state index contributed by atoms with van der Waals surface area (Å²) in [6, 6.07) is 3.69. The molecule has 0 saturated carbocycles. The van der Waals surface area contributed by atoms with E-state index in [1.165, 1.54) is 12.0 Å². The van der Waals surface area contributed by atoms with Crippen molar-refractivity contribution >= 4 is 23.3 Å². The first-order valence-corrected chi connectivity index (χ1v) is 6.00. The number of methoxy groups -OCH3 is 1. The molecule has 0 unspecified atom stereocenters. The molecule has 1 aromatic rings. The number of amides is 1. The number of aryl methyl sites for hydroxylation is 2. The molecule has 0 atom stereocenters. The molecular weight excluding hydrogens is 246 g/mol. The standard InChI is InChI=1S/C14H15NO4/c1-8-4-5-9(2)12-11(8)13(17)14(18)15(12)7-6-10(16)19-3/h4-5H,6-7H2,1-3H3. The maximum absolute atomic E-state index is 12.0. The van der Waals surface area contributed by atoms with Crippen LogP contribution in [-0.2, 0) is 14.3 Å². The average molecular weight is 261 g/mol. The Morgan fingerprint density at radius 1 is 1.21 bits per heavy atom. The molecule has 0 bridgehead atoms. The fourth-order valence-corrected chi connectivity index (χ4v) is 2.28. The number of ketones is 1. The van der Waals surface area contributed by atoms with Gasteiger partial charge in [-0.15, -0.1) is 0 Å². The average Bonchev–Trinajstić information content (AvgIpc) is 2.65. The second-order valence-electron chi connectivity index (χ2n) is 4.54. The van der Waals surface area contributed by atoms with Crippen LogP contribution in [0.15, 0.2) is 12.1 Å². The molecule has 1 aliphatic heterocycles. The van der Waals surface area contributed by atoms with Crippen molar-refractivity contribution in [3.05, 3.63) is 28.8 Å². The number of carbonyl (C=O) groups excluding carboxylic acids is 3. The first kappa shape index (κ1) is 13.3. The molecule has 1 aromatic carbocycles. The highest BCUT2D eigenvalue weighted by Gasteiger charge is 2.38. The number of carbonyl (C=O) groups is 3. The molecule has 0 N–H and O–H groups in total. The van der Waals surface area contributed by atoms with E-state index in [2.05, 4.69) is 4.74 Å². The monoisotopic (exact) mass is 261 g/mol. The number of anilines is 1. The predicted octanol–water partition coefficient (Wildman–Crippen LogP) is 1.40. The number of hydrogen-bond donors (Lipinski definition) is 0. The van der Waals surface area contributed by atoms with Gasteiger partial charge in [0.05, 0.1) is 24.8 Å². The molecule has 1 aliphatic rings. The summed E-state index contributed by atoms with van der Waals surface area (Å²) in [7, 11) is 1.29. The van der Waals surface area contributed by atoms with E-state index >= 15 is 0 Å². The zero-order chi connectivity index (χ0) is 14.2. The lowest BCUT2D eigenvalue weighted by molar-refractivity contribution is -0.140. The summed E-state index contributed by atoms with van der Waals surface area (Å²) >= 11 is 0. The van der Waals surface area contributed by atoms with Gasteiger partial charge in [0, 0.05) is 6.54 Å². The van der Waals surface area contributed by atoms with Gasteiger partial charge in [-0.2, -0.15) is 0 Å². The van der Waals surface area contributed by atoms with E-state index in [0.29, 0.717) is 11.3 Å². The minimum atomic E-state index is -0.573. The van der Waals surface area contributed by atoms with E-state index in [-0.39, 0.29) is 13.0 Å². The fraction of sp³-hybridized carbons (Fsp3) is 0.357. The minimum Gasteiger partial charge on any atom is -0.469 e. The van der Waals surface area contributed by atoms with Crippen LogP contribution in [0.4, 0.5) is 5.69 Å². The molecule has 5 nitrogen and oxygen atoms in total. The summed E-state index contributed by atoms with van der Waals surface area (Å²) < 4.78 is 4.55. The summed E-state index contributed by atoms with van der Waals surface area (Å²) in [5.74, 6) is -1.48. The van der Waals surface area contributed by atoms with Crippen molar-refractivity contribution < 1.29 is 19.1 Å². The quantitative estimate of drug-likeness (QED) is 0.609. The summed E-state index contributed by atoms with van der Waals surface area (Å²) in [6.07, 6.45) is 0.0718. The molecule has 5 heteroatoms. The molecule has 100 valence electrons. The van der Waals surface area contributed by atoms with Gasteiger partial charge in [0.25, 0.3) is 11.7 Å². The van der Waals surface area contributed by atoms with Gasteiger partial charge in [-0.05, 0) is 25.0 Å². The topological polar surface area (TPSA) is 63.7 Å². The Hall–Kier alpha value is -2.17. The number of ether oxygens (including phenoxy) is 1. The molecule has 0 fully saturated rings. The van der Waals surface area contributed by atoms with Gasteiger partial charge in [-0.3, -0.25) is 14.4 Å². The first-order chi connectivity index (χ1) is 8.97. The molecule has 0 aliphatic carbocycles. The molecule has 0 aromatic heterocycles. The van der Waals surface area contributed by atoms with E-state index in [1.807, 2.05) is 19.1 Å². The van der Waals surface area contributed by atoms with Gasteiger partial charge in [-0.1, -0.05) is 12.1 Å². The molecule has 2 rings (SSSR count). The molecule has 19 heavy (non-hydrogen) atoms. The van der Waals surface area contributed by atoms with Crippen molar-refractivity contribution in [2.45, 2.75) is 20.3 Å². The van der Waals surface area contributed by atoms with E-state index in [4.69, 9.17) is 0 Å². The van der Waals surface area contributed by atoms with Crippen LogP contribution in [0, 0.1) is 13.8 Å². The lowest BCUT2D eigenvalue weighted by atomic mass is 10.0. The Kier molecular flexibility index (Phi) is 3.38. The molecule has 1 heterocycles. The van der Waals surface area contributed by atoms with Gasteiger partial charge in [0.2, 0.25) is 0 Å². The zero-order valence-electron chi connectivity index (χ0n) is 11.1. The lowest BCUT2D eigenvalue weighted by Gasteiger charge is -2.18. The second-order valence-corrected chi connectivity index (χ2v) is 4.54. The van der Waals surface area contributed by atoms with Crippen molar-refractivity contribution in [1.29, 1.82) is 0 Å². The third kappa shape index (κ3) is 2.12. The highest BCUT2D eigenvalue weighted by atomic mass is 16.5. The van der Waals surface area contributed by atoms with Gasteiger partial charge < -0.3 is 9.64 Å². The molecule has 0 saturated heterocycles. The normalized spacial score (nSPS) is 13.7. The van der Waals surface area contributed by atoms with Crippen LogP contribution in [0.5, 0.6) is 0 Å². The Morgan fingerprint density at radius 2 is 1.84 bits per heavy atom. The molecular formula is C14H15NO4. The maximum atomic E-state index is 12.0. The summed E-state index contributed by atoms with van der Waals surface area (Å²) in [5, 5.41) is 0. The largest absolute Gasteiger partial charge is 0.469 e. The molecule has 0 radical (unpaired) electrons. The number of Topliss-reactive ketones (excluding diaryl/α,β-unsaturated/α-hetero) is 1. The van der Waals surface area contributed by atoms with Gasteiger partial charge >= 0.3 is 5.97 Å². The predicted molar refractivity (Wildman–Crippen MR) is 69.2 cm³/mol. The van der Waals surface area contributed by atoms with Crippen LogP contribution >= 0.6 is 0 Å². The second kappa shape index (κ2) is 4.84. The minimum absolute atomic E-state index is 0.0718. The van der Waals surface area contributed by atoms with Crippen LogP contribution < -0.4 is 4.90 Å². The third-order valence-electron chi connectivity index (χ3n) is 3.29. The van der Waals surface area contributed by atoms with Crippen molar-refractivity contribution in [2.75, 3.05) is 18.6 Å². The van der Waals surface area contributed by atoms with E-state index in [9.17, 15) is 14.4 Å². The maximum Gasteiger partial charge on any atom is 0.307 e. The SMILES string of the molecule is COC(=O)CCN1C(=O)C(=O)c2c(C)ccc(C)c21. The highest BCUT2D eigenvalue weighted by Crippen LogP contribution is 2.34. The number of benzene rings is 1. The number of esters is 1. The fourth-order valence-electron chi connectivity index (χ4n) is 2.28. The zero-order valence-corrected chi connectivity index (χ0v) is 11.1. The van der Waals surface area contributed by atoms with E-state index < -0.39 is 17.7 Å². The number of fused-ring (bicyclic) bond motifs is 1.